The maximum atomic E-state index is 12.8. The Labute approximate surface area is 146 Å². The average molecular weight is 370 g/mol. The van der Waals surface area contributed by atoms with E-state index in [0.717, 1.165) is 11.3 Å². The standard InChI is InChI=1S/C14H15FN4O3S2/c1-22-7-6-16-11(20)8-23-14-19-18-13(24-14)12(21)17-10-4-2-9(15)3-5-10/h2-5H,6-8H2,1H3,(H,16,20)(H,17,21). The van der Waals surface area contributed by atoms with Crippen LogP contribution in [0.15, 0.2) is 28.6 Å². The average Bonchev–Trinajstić information content (AvgIpc) is 3.04. The van der Waals surface area contributed by atoms with Gasteiger partial charge in [0.2, 0.25) is 10.9 Å². The Morgan fingerprint density at radius 3 is 2.75 bits per heavy atom. The van der Waals surface area contributed by atoms with Gasteiger partial charge in [-0.15, -0.1) is 10.2 Å². The van der Waals surface area contributed by atoms with Crippen molar-refractivity contribution in [1.82, 2.24) is 15.5 Å². The molecule has 2 rings (SSSR count). The molecule has 0 saturated carbocycles. The van der Waals surface area contributed by atoms with Gasteiger partial charge in [-0.25, -0.2) is 4.39 Å². The zero-order chi connectivity index (χ0) is 17.4. The number of anilines is 1. The molecule has 0 bridgehead atoms. The Kier molecular flexibility index (Phi) is 7.09. The fraction of sp³-hybridized carbons (Fsp3) is 0.286. The van der Waals surface area contributed by atoms with Crippen molar-refractivity contribution in [2.45, 2.75) is 4.34 Å². The predicted molar refractivity (Wildman–Crippen MR) is 89.9 cm³/mol. The summed E-state index contributed by atoms with van der Waals surface area (Å²) < 4.78 is 18.2. The van der Waals surface area contributed by atoms with Crippen molar-refractivity contribution in [3.05, 3.63) is 35.1 Å². The summed E-state index contributed by atoms with van der Waals surface area (Å²) in [6.07, 6.45) is 0. The fourth-order valence-corrected chi connectivity index (χ4v) is 3.13. The van der Waals surface area contributed by atoms with Gasteiger partial charge in [-0.2, -0.15) is 0 Å². The summed E-state index contributed by atoms with van der Waals surface area (Å²) >= 11 is 2.28. The van der Waals surface area contributed by atoms with Gasteiger partial charge in [-0.3, -0.25) is 9.59 Å². The van der Waals surface area contributed by atoms with E-state index in [-0.39, 0.29) is 22.5 Å². The lowest BCUT2D eigenvalue weighted by molar-refractivity contribution is -0.118. The summed E-state index contributed by atoms with van der Waals surface area (Å²) in [5.41, 5.74) is 0.461. The number of halogens is 1. The molecule has 7 nitrogen and oxygen atoms in total. The number of nitrogens with one attached hydrogen (secondary N) is 2. The van der Waals surface area contributed by atoms with E-state index in [9.17, 15) is 14.0 Å². The Balaban J connectivity index is 1.82. The van der Waals surface area contributed by atoms with Gasteiger partial charge >= 0.3 is 0 Å². The normalized spacial score (nSPS) is 10.4. The molecule has 0 aliphatic carbocycles. The highest BCUT2D eigenvalue weighted by Gasteiger charge is 2.14. The highest BCUT2D eigenvalue weighted by atomic mass is 32.2. The van der Waals surface area contributed by atoms with Crippen LogP contribution in [0.5, 0.6) is 0 Å². The lowest BCUT2D eigenvalue weighted by Gasteiger charge is -2.02. The van der Waals surface area contributed by atoms with Crippen LogP contribution < -0.4 is 10.6 Å². The van der Waals surface area contributed by atoms with Crippen molar-refractivity contribution >= 4 is 40.6 Å². The number of rotatable bonds is 8. The minimum absolute atomic E-state index is 0.149. The second-order valence-electron chi connectivity index (χ2n) is 4.47. The van der Waals surface area contributed by atoms with E-state index in [1.807, 2.05) is 0 Å². The molecule has 1 aromatic carbocycles. The molecule has 0 aliphatic heterocycles. The van der Waals surface area contributed by atoms with Crippen molar-refractivity contribution < 1.29 is 18.7 Å². The summed E-state index contributed by atoms with van der Waals surface area (Å²) in [5.74, 6) is -0.788. The van der Waals surface area contributed by atoms with Crippen LogP contribution in [0, 0.1) is 5.82 Å². The van der Waals surface area contributed by atoms with Gasteiger partial charge in [0.25, 0.3) is 5.91 Å². The number of amides is 2. The van der Waals surface area contributed by atoms with E-state index in [1.165, 1.54) is 36.0 Å². The summed E-state index contributed by atoms with van der Waals surface area (Å²) in [7, 11) is 1.56. The molecule has 0 aliphatic rings. The number of carbonyl (C=O) groups excluding carboxylic acids is 2. The lowest BCUT2D eigenvalue weighted by Crippen LogP contribution is -2.28. The van der Waals surface area contributed by atoms with E-state index in [1.54, 1.807) is 7.11 Å². The van der Waals surface area contributed by atoms with Gasteiger partial charge in [0.05, 0.1) is 12.4 Å². The first kappa shape index (κ1) is 18.3. The first-order valence-electron chi connectivity index (χ1n) is 6.87. The molecule has 0 unspecified atom stereocenters. The van der Waals surface area contributed by atoms with E-state index in [0.29, 0.717) is 23.2 Å². The second kappa shape index (κ2) is 9.30. The zero-order valence-corrected chi connectivity index (χ0v) is 14.4. The molecule has 2 N–H and O–H groups in total. The maximum absolute atomic E-state index is 12.8. The quantitative estimate of drug-likeness (QED) is 0.544. The number of hydrogen-bond acceptors (Lipinski definition) is 7. The minimum Gasteiger partial charge on any atom is -0.383 e. The van der Waals surface area contributed by atoms with Gasteiger partial charge in [0, 0.05) is 19.3 Å². The van der Waals surface area contributed by atoms with E-state index >= 15 is 0 Å². The number of methoxy groups -OCH3 is 1. The molecule has 1 aromatic heterocycles. The maximum Gasteiger partial charge on any atom is 0.286 e. The molecular formula is C14H15FN4O3S2. The first-order valence-corrected chi connectivity index (χ1v) is 8.67. The van der Waals surface area contributed by atoms with Crippen LogP contribution in [0.2, 0.25) is 0 Å². The van der Waals surface area contributed by atoms with Crippen LogP contribution >= 0.6 is 23.1 Å². The molecule has 0 fully saturated rings. The van der Waals surface area contributed by atoms with Crippen LogP contribution in [-0.4, -0.2) is 48.0 Å². The third kappa shape index (κ3) is 5.87. The molecule has 0 radical (unpaired) electrons. The highest BCUT2D eigenvalue weighted by Crippen LogP contribution is 2.22. The number of carbonyl (C=O) groups is 2. The molecule has 24 heavy (non-hydrogen) atoms. The summed E-state index contributed by atoms with van der Waals surface area (Å²) in [5, 5.41) is 13.1. The topological polar surface area (TPSA) is 93.2 Å². The molecule has 128 valence electrons. The second-order valence-corrected chi connectivity index (χ2v) is 6.67. The molecular weight excluding hydrogens is 355 g/mol. The molecule has 0 atom stereocenters. The Hall–Kier alpha value is -2.04. The van der Waals surface area contributed by atoms with Crippen molar-refractivity contribution in [3.8, 4) is 0 Å². The first-order chi connectivity index (χ1) is 11.6. The molecule has 0 spiro atoms. The molecule has 10 heteroatoms. The summed E-state index contributed by atoms with van der Waals surface area (Å²) in [6, 6.07) is 5.40. The number of thioether (sulfide) groups is 1. The number of ether oxygens (including phenoxy) is 1. The van der Waals surface area contributed by atoms with Crippen LogP contribution in [0.4, 0.5) is 10.1 Å². The fourth-order valence-electron chi connectivity index (χ4n) is 1.55. The van der Waals surface area contributed by atoms with Gasteiger partial charge in [0.1, 0.15) is 5.82 Å². The lowest BCUT2D eigenvalue weighted by atomic mass is 10.3. The summed E-state index contributed by atoms with van der Waals surface area (Å²) in [4.78, 5) is 23.6. The van der Waals surface area contributed by atoms with Crippen LogP contribution in [0.1, 0.15) is 9.80 Å². The van der Waals surface area contributed by atoms with Crippen LogP contribution in [0.3, 0.4) is 0 Å². The molecule has 1 heterocycles. The Morgan fingerprint density at radius 2 is 2.04 bits per heavy atom. The van der Waals surface area contributed by atoms with Crippen molar-refractivity contribution in [2.75, 3.05) is 31.3 Å². The highest BCUT2D eigenvalue weighted by molar-refractivity contribution is 8.01. The van der Waals surface area contributed by atoms with Gasteiger partial charge < -0.3 is 15.4 Å². The summed E-state index contributed by atoms with van der Waals surface area (Å²) in [6.45, 7) is 0.889. The third-order valence-corrected chi connectivity index (χ3v) is 4.71. The molecule has 2 amide bonds. The Morgan fingerprint density at radius 1 is 1.29 bits per heavy atom. The third-order valence-electron chi connectivity index (χ3n) is 2.66. The van der Waals surface area contributed by atoms with Gasteiger partial charge in [-0.1, -0.05) is 23.1 Å². The zero-order valence-electron chi connectivity index (χ0n) is 12.7. The number of hydrogen-bond donors (Lipinski definition) is 2. The largest absolute Gasteiger partial charge is 0.383 e. The number of nitrogens with zero attached hydrogens (tertiary/aromatic N) is 2. The van der Waals surface area contributed by atoms with Crippen LogP contribution in [0.25, 0.3) is 0 Å². The van der Waals surface area contributed by atoms with Gasteiger partial charge in [0.15, 0.2) is 4.34 Å². The van der Waals surface area contributed by atoms with Crippen molar-refractivity contribution in [3.63, 3.8) is 0 Å². The van der Waals surface area contributed by atoms with Crippen molar-refractivity contribution in [2.24, 2.45) is 0 Å². The minimum atomic E-state index is -0.435. The van der Waals surface area contributed by atoms with E-state index in [2.05, 4.69) is 20.8 Å². The smallest absolute Gasteiger partial charge is 0.286 e. The number of aromatic nitrogens is 2. The molecule has 2 aromatic rings. The number of benzene rings is 1. The Bertz CT molecular complexity index is 694. The van der Waals surface area contributed by atoms with Gasteiger partial charge in [-0.05, 0) is 24.3 Å². The van der Waals surface area contributed by atoms with E-state index in [4.69, 9.17) is 4.74 Å². The molecule has 0 saturated heterocycles. The van der Waals surface area contributed by atoms with Crippen LogP contribution in [-0.2, 0) is 9.53 Å². The SMILES string of the molecule is COCCNC(=O)CSc1nnc(C(=O)Nc2ccc(F)cc2)s1. The van der Waals surface area contributed by atoms with Crippen molar-refractivity contribution in [1.29, 1.82) is 0 Å². The monoisotopic (exact) mass is 370 g/mol. The predicted octanol–water partition coefficient (Wildman–Crippen LogP) is 1.78. The van der Waals surface area contributed by atoms with E-state index < -0.39 is 5.91 Å².